The molecule has 0 unspecified atom stereocenters. The average Bonchev–Trinajstić information content (AvgIpc) is 1.95. The molecule has 0 N–H and O–H groups in total. The Bertz CT molecular complexity index is 195. The van der Waals surface area contributed by atoms with E-state index in [9.17, 15) is 0 Å². The first-order chi connectivity index (χ1) is 6.98. The summed E-state index contributed by atoms with van der Waals surface area (Å²) in [6.45, 7) is 23.0. The molecule has 0 aromatic carbocycles. The topological polar surface area (TPSA) is 0 Å². The van der Waals surface area contributed by atoms with Crippen LogP contribution in [0, 0.1) is 10.8 Å². The van der Waals surface area contributed by atoms with Gasteiger partial charge in [-0.1, -0.05) is 53.2 Å². The number of hydrogen-bond acceptors (Lipinski definition) is 0. The lowest BCUT2D eigenvalue weighted by Gasteiger charge is -2.17. The maximum atomic E-state index is 3.84. The molecule has 0 saturated carbocycles. The summed E-state index contributed by atoms with van der Waals surface area (Å²) in [6.07, 6.45) is 5.50. The van der Waals surface area contributed by atoms with Gasteiger partial charge >= 0.3 is 0 Å². The SMILES string of the molecule is C=C(C)CC(C)(C)C.C=CCCC(C)(C)C. The van der Waals surface area contributed by atoms with E-state index >= 15 is 0 Å². The van der Waals surface area contributed by atoms with Gasteiger partial charge in [0, 0.05) is 0 Å². The molecule has 0 amide bonds. The van der Waals surface area contributed by atoms with E-state index in [2.05, 4.69) is 61.6 Å². The van der Waals surface area contributed by atoms with Crippen LogP contribution in [0.2, 0.25) is 0 Å². The van der Waals surface area contributed by atoms with Crippen molar-refractivity contribution in [2.75, 3.05) is 0 Å². The molecular formula is C16H32. The van der Waals surface area contributed by atoms with Gasteiger partial charge in [0.15, 0.2) is 0 Å². The monoisotopic (exact) mass is 224 g/mol. The molecule has 0 bridgehead atoms. The fourth-order valence-corrected chi connectivity index (χ4v) is 1.44. The third-order valence-corrected chi connectivity index (χ3v) is 1.93. The molecule has 0 fully saturated rings. The highest BCUT2D eigenvalue weighted by atomic mass is 14.1. The van der Waals surface area contributed by atoms with E-state index in [0.29, 0.717) is 10.8 Å². The molecule has 0 heterocycles. The minimum Gasteiger partial charge on any atom is -0.103 e. The van der Waals surface area contributed by atoms with Gasteiger partial charge in [0.05, 0.1) is 0 Å². The van der Waals surface area contributed by atoms with Crippen LogP contribution < -0.4 is 0 Å². The molecule has 0 aliphatic carbocycles. The van der Waals surface area contributed by atoms with E-state index in [1.807, 2.05) is 6.08 Å². The van der Waals surface area contributed by atoms with Gasteiger partial charge in [0.2, 0.25) is 0 Å². The van der Waals surface area contributed by atoms with Crippen molar-refractivity contribution in [2.45, 2.75) is 67.7 Å². The van der Waals surface area contributed by atoms with Crippen molar-refractivity contribution in [3.05, 3.63) is 24.8 Å². The highest BCUT2D eigenvalue weighted by Crippen LogP contribution is 2.22. The summed E-state index contributed by atoms with van der Waals surface area (Å²) in [6, 6.07) is 0. The number of allylic oxidation sites excluding steroid dienone is 2. The number of rotatable bonds is 3. The molecule has 16 heavy (non-hydrogen) atoms. The highest BCUT2D eigenvalue weighted by molar-refractivity contribution is 4.92. The fraction of sp³-hybridized carbons (Fsp3) is 0.750. The van der Waals surface area contributed by atoms with Gasteiger partial charge in [-0.05, 0) is 37.0 Å². The first-order valence-corrected chi connectivity index (χ1v) is 6.23. The van der Waals surface area contributed by atoms with Gasteiger partial charge in [-0.25, -0.2) is 0 Å². The molecule has 0 nitrogen and oxygen atoms in total. The third kappa shape index (κ3) is 23.4. The van der Waals surface area contributed by atoms with Crippen molar-refractivity contribution in [1.82, 2.24) is 0 Å². The lowest BCUT2D eigenvalue weighted by Crippen LogP contribution is -2.03. The third-order valence-electron chi connectivity index (χ3n) is 1.93. The van der Waals surface area contributed by atoms with Crippen LogP contribution in [0.4, 0.5) is 0 Å². The minimum absolute atomic E-state index is 0.422. The summed E-state index contributed by atoms with van der Waals surface area (Å²) in [5.74, 6) is 0. The van der Waals surface area contributed by atoms with Crippen LogP contribution in [0.5, 0.6) is 0 Å². The second-order valence-electron chi connectivity index (χ2n) is 7.08. The van der Waals surface area contributed by atoms with Gasteiger partial charge in [0.25, 0.3) is 0 Å². The molecule has 0 heteroatoms. The molecule has 0 radical (unpaired) electrons. The van der Waals surface area contributed by atoms with Crippen molar-refractivity contribution in [2.24, 2.45) is 10.8 Å². The summed E-state index contributed by atoms with van der Waals surface area (Å²) in [7, 11) is 0. The molecular weight excluding hydrogens is 192 g/mol. The quantitative estimate of drug-likeness (QED) is 0.516. The standard InChI is InChI=1S/2C8H16/c1-7(2)6-8(3,4)5;1-5-6-7-8(2,3)4/h1,6H2,2-5H3;5H,1,6-7H2,2-4H3. The van der Waals surface area contributed by atoms with E-state index in [-0.39, 0.29) is 0 Å². The summed E-state index contributed by atoms with van der Waals surface area (Å²) >= 11 is 0. The first kappa shape index (κ1) is 17.9. The molecule has 96 valence electrons. The number of hydrogen-bond donors (Lipinski definition) is 0. The largest absolute Gasteiger partial charge is 0.103 e. The summed E-state index contributed by atoms with van der Waals surface area (Å²) < 4.78 is 0. The molecule has 0 aliphatic heterocycles. The van der Waals surface area contributed by atoms with Crippen LogP contribution in [-0.4, -0.2) is 0 Å². The van der Waals surface area contributed by atoms with E-state index in [4.69, 9.17) is 0 Å². The van der Waals surface area contributed by atoms with E-state index in [1.54, 1.807) is 0 Å². The van der Waals surface area contributed by atoms with Crippen molar-refractivity contribution < 1.29 is 0 Å². The maximum Gasteiger partial charge on any atom is -0.0277 e. The Hall–Kier alpha value is -0.520. The van der Waals surface area contributed by atoms with Crippen LogP contribution in [0.3, 0.4) is 0 Å². The Labute approximate surface area is 104 Å². The lowest BCUT2D eigenvalue weighted by molar-refractivity contribution is 0.381. The molecule has 0 atom stereocenters. The minimum atomic E-state index is 0.422. The Balaban J connectivity index is 0. The molecule has 0 aromatic heterocycles. The Morgan fingerprint density at radius 1 is 1.00 bits per heavy atom. The zero-order chi connectivity index (χ0) is 13.4. The van der Waals surface area contributed by atoms with Gasteiger partial charge < -0.3 is 0 Å². The van der Waals surface area contributed by atoms with Crippen molar-refractivity contribution in [1.29, 1.82) is 0 Å². The fourth-order valence-electron chi connectivity index (χ4n) is 1.44. The van der Waals surface area contributed by atoms with Gasteiger partial charge in [0.1, 0.15) is 0 Å². The van der Waals surface area contributed by atoms with Crippen LogP contribution in [-0.2, 0) is 0 Å². The van der Waals surface area contributed by atoms with Crippen LogP contribution in [0.1, 0.15) is 67.7 Å². The molecule has 0 spiro atoms. The first-order valence-electron chi connectivity index (χ1n) is 6.23. The van der Waals surface area contributed by atoms with Crippen molar-refractivity contribution in [3.8, 4) is 0 Å². The van der Waals surface area contributed by atoms with Gasteiger partial charge in [-0.2, -0.15) is 0 Å². The predicted octanol–water partition coefficient (Wildman–Crippen LogP) is 6.00. The lowest BCUT2D eigenvalue weighted by atomic mass is 9.89. The Kier molecular flexibility index (Phi) is 8.60. The molecule has 0 aliphatic rings. The smallest absolute Gasteiger partial charge is 0.0277 e. The zero-order valence-corrected chi connectivity index (χ0v) is 12.6. The molecule has 0 aromatic rings. The highest BCUT2D eigenvalue weighted by Gasteiger charge is 2.08. The van der Waals surface area contributed by atoms with Crippen molar-refractivity contribution >= 4 is 0 Å². The van der Waals surface area contributed by atoms with Gasteiger partial charge in [-0.3, -0.25) is 0 Å². The Morgan fingerprint density at radius 3 is 1.50 bits per heavy atom. The summed E-state index contributed by atoms with van der Waals surface area (Å²) in [5, 5.41) is 0. The van der Waals surface area contributed by atoms with Crippen LogP contribution >= 0.6 is 0 Å². The second-order valence-corrected chi connectivity index (χ2v) is 7.08. The van der Waals surface area contributed by atoms with Gasteiger partial charge in [-0.15, -0.1) is 13.2 Å². The van der Waals surface area contributed by atoms with Crippen LogP contribution in [0.15, 0.2) is 24.8 Å². The normalized spacial score (nSPS) is 11.4. The second kappa shape index (κ2) is 7.70. The van der Waals surface area contributed by atoms with Crippen LogP contribution in [0.25, 0.3) is 0 Å². The van der Waals surface area contributed by atoms with E-state index in [1.165, 1.54) is 12.0 Å². The van der Waals surface area contributed by atoms with E-state index in [0.717, 1.165) is 12.8 Å². The predicted molar refractivity (Wildman–Crippen MR) is 77.8 cm³/mol. The summed E-state index contributed by atoms with van der Waals surface area (Å²) in [5.41, 5.74) is 2.18. The average molecular weight is 224 g/mol. The van der Waals surface area contributed by atoms with Crippen molar-refractivity contribution in [3.63, 3.8) is 0 Å². The molecule has 0 rings (SSSR count). The molecule has 0 saturated heterocycles. The zero-order valence-electron chi connectivity index (χ0n) is 12.6. The Morgan fingerprint density at radius 2 is 1.44 bits per heavy atom. The maximum absolute atomic E-state index is 3.84. The summed E-state index contributed by atoms with van der Waals surface area (Å²) in [4.78, 5) is 0. The van der Waals surface area contributed by atoms with E-state index < -0.39 is 0 Å².